The fourth-order valence-corrected chi connectivity index (χ4v) is 0.866. The fraction of sp³-hybridized carbons (Fsp3) is 0.833. The number of hydrogen-bond acceptors (Lipinski definition) is 2. The minimum absolute atomic E-state index is 0.421. The van der Waals surface area contributed by atoms with E-state index in [1.165, 1.54) is 6.26 Å². The van der Waals surface area contributed by atoms with Crippen molar-refractivity contribution in [1.29, 1.82) is 0 Å². The van der Waals surface area contributed by atoms with Crippen LogP contribution < -0.4 is 0 Å². The molecular weight excluding hydrogens is 177 g/mol. The largest absolute Gasteiger partial charge is 0.392 e. The van der Waals surface area contributed by atoms with E-state index in [2.05, 4.69) is 0 Å². The van der Waals surface area contributed by atoms with Crippen LogP contribution >= 0.6 is 11.8 Å². The molecule has 66 valence electrons. The Morgan fingerprint density at radius 2 is 2.00 bits per heavy atom. The van der Waals surface area contributed by atoms with Crippen molar-refractivity contribution in [3.05, 3.63) is 0 Å². The molecule has 0 aromatic heterocycles. The number of alkyl halides is 3. The molecule has 0 amide bonds. The lowest BCUT2D eigenvalue weighted by atomic mass is 10.1. The Morgan fingerprint density at radius 3 is 2.27 bits per heavy atom. The molecular formula is C6H9F3OS. The molecule has 0 heterocycles. The normalized spacial score (nSPS) is 14.6. The van der Waals surface area contributed by atoms with E-state index in [9.17, 15) is 18.0 Å². The molecule has 1 unspecified atom stereocenters. The van der Waals surface area contributed by atoms with Gasteiger partial charge >= 0.3 is 6.18 Å². The highest BCUT2D eigenvalue weighted by Crippen LogP contribution is 2.29. The molecule has 0 aromatic rings. The average molecular weight is 186 g/mol. The minimum Gasteiger partial charge on any atom is -0.287 e. The van der Waals surface area contributed by atoms with Gasteiger partial charge in [0.05, 0.1) is 5.92 Å². The fourth-order valence-electron chi connectivity index (χ4n) is 0.449. The average Bonchev–Trinajstić information content (AvgIpc) is 1.85. The van der Waals surface area contributed by atoms with E-state index in [0.717, 1.165) is 18.7 Å². The molecule has 5 heteroatoms. The summed E-state index contributed by atoms with van der Waals surface area (Å²) in [5, 5.41) is -0.421. The number of thioether (sulfide) groups is 1. The van der Waals surface area contributed by atoms with Crippen LogP contribution in [0.3, 0.4) is 0 Å². The predicted molar refractivity (Wildman–Crippen MR) is 38.4 cm³/mol. The molecule has 0 radical (unpaired) electrons. The smallest absolute Gasteiger partial charge is 0.287 e. The highest BCUT2D eigenvalue weighted by atomic mass is 32.2. The van der Waals surface area contributed by atoms with Crippen LogP contribution in [0.25, 0.3) is 0 Å². The number of hydrogen-bond donors (Lipinski definition) is 0. The van der Waals surface area contributed by atoms with E-state index in [4.69, 9.17) is 0 Å². The Kier molecular flexibility index (Phi) is 3.92. The van der Waals surface area contributed by atoms with Crippen LogP contribution in [-0.4, -0.2) is 17.5 Å². The van der Waals surface area contributed by atoms with Crippen LogP contribution in [0.1, 0.15) is 13.3 Å². The summed E-state index contributed by atoms with van der Waals surface area (Å²) in [4.78, 5) is 10.5. The minimum atomic E-state index is -4.24. The summed E-state index contributed by atoms with van der Waals surface area (Å²) in [5.74, 6) is -1.53. The molecule has 1 nitrogen and oxygen atoms in total. The second-order valence-electron chi connectivity index (χ2n) is 2.22. The molecule has 0 bridgehead atoms. The molecule has 0 rings (SSSR count). The van der Waals surface area contributed by atoms with Crippen molar-refractivity contribution in [3.8, 4) is 0 Å². The molecule has 11 heavy (non-hydrogen) atoms. The third-order valence-corrected chi connectivity index (χ3v) is 1.88. The second-order valence-corrected chi connectivity index (χ2v) is 3.09. The van der Waals surface area contributed by atoms with Gasteiger partial charge in [-0.2, -0.15) is 13.2 Å². The summed E-state index contributed by atoms with van der Waals surface area (Å²) in [7, 11) is 0. The lowest BCUT2D eigenvalue weighted by Crippen LogP contribution is -2.21. The van der Waals surface area contributed by atoms with Crippen molar-refractivity contribution in [1.82, 2.24) is 0 Å². The zero-order valence-electron chi connectivity index (χ0n) is 6.23. The second kappa shape index (κ2) is 3.99. The standard InChI is InChI=1S/C6H9F3OS/c1-4(6(7,8)9)3-5(10)11-2/h4H,3H2,1-2H3. The third kappa shape index (κ3) is 4.29. The number of carbonyl (C=O) groups is 1. The van der Waals surface area contributed by atoms with Gasteiger partial charge in [0.25, 0.3) is 0 Å². The Balaban J connectivity index is 3.87. The summed E-state index contributed by atoms with van der Waals surface area (Å²) in [6.07, 6.45) is -3.19. The summed E-state index contributed by atoms with van der Waals surface area (Å²) >= 11 is 0.830. The Morgan fingerprint density at radius 1 is 1.55 bits per heavy atom. The van der Waals surface area contributed by atoms with E-state index in [-0.39, 0.29) is 0 Å². The van der Waals surface area contributed by atoms with E-state index in [1.807, 2.05) is 0 Å². The summed E-state index contributed by atoms with van der Waals surface area (Å²) in [6.45, 7) is 1.01. The Labute approximate surface area is 67.3 Å². The van der Waals surface area contributed by atoms with Crippen molar-refractivity contribution in [2.45, 2.75) is 19.5 Å². The maximum Gasteiger partial charge on any atom is 0.392 e. The summed E-state index contributed by atoms with van der Waals surface area (Å²) in [5.41, 5.74) is 0. The molecule has 0 aromatic carbocycles. The maximum atomic E-state index is 11.8. The summed E-state index contributed by atoms with van der Waals surface area (Å²) < 4.78 is 35.4. The molecule has 0 fully saturated rings. The first-order valence-electron chi connectivity index (χ1n) is 3.01. The van der Waals surface area contributed by atoms with Gasteiger partial charge in [0.2, 0.25) is 0 Å². The quantitative estimate of drug-likeness (QED) is 0.659. The summed E-state index contributed by atoms with van der Waals surface area (Å²) in [6, 6.07) is 0. The van der Waals surface area contributed by atoms with Gasteiger partial charge in [-0.1, -0.05) is 18.7 Å². The first kappa shape index (κ1) is 10.8. The van der Waals surface area contributed by atoms with Crippen molar-refractivity contribution < 1.29 is 18.0 Å². The number of carbonyl (C=O) groups excluding carboxylic acids is 1. The van der Waals surface area contributed by atoms with Gasteiger partial charge in [-0.3, -0.25) is 4.79 Å². The van der Waals surface area contributed by atoms with Crippen LogP contribution in [0.15, 0.2) is 0 Å². The predicted octanol–water partition coefficient (Wildman–Crippen LogP) is 2.46. The molecule has 0 N–H and O–H groups in total. The molecule has 0 spiro atoms. The molecule has 1 atom stereocenters. The van der Waals surface area contributed by atoms with Crippen molar-refractivity contribution in [2.75, 3.05) is 6.26 Å². The first-order valence-corrected chi connectivity index (χ1v) is 4.24. The molecule has 0 aliphatic rings. The lowest BCUT2D eigenvalue weighted by molar-refractivity contribution is -0.172. The zero-order chi connectivity index (χ0) is 9.07. The molecule has 0 aliphatic carbocycles. The number of rotatable bonds is 2. The van der Waals surface area contributed by atoms with E-state index < -0.39 is 23.6 Å². The highest BCUT2D eigenvalue weighted by Gasteiger charge is 2.36. The van der Waals surface area contributed by atoms with E-state index in [0.29, 0.717) is 0 Å². The molecule has 0 aliphatic heterocycles. The lowest BCUT2D eigenvalue weighted by Gasteiger charge is -2.13. The van der Waals surface area contributed by atoms with Gasteiger partial charge < -0.3 is 0 Å². The molecule has 0 saturated heterocycles. The van der Waals surface area contributed by atoms with Gasteiger partial charge in [0, 0.05) is 6.42 Å². The van der Waals surface area contributed by atoms with Gasteiger partial charge in [0.1, 0.15) is 0 Å². The van der Waals surface area contributed by atoms with Crippen LogP contribution in [0, 0.1) is 5.92 Å². The number of halogens is 3. The van der Waals surface area contributed by atoms with E-state index in [1.54, 1.807) is 0 Å². The maximum absolute atomic E-state index is 11.8. The van der Waals surface area contributed by atoms with Gasteiger partial charge in [-0.05, 0) is 6.26 Å². The van der Waals surface area contributed by atoms with Crippen molar-refractivity contribution >= 4 is 16.9 Å². The Hall–Kier alpha value is -0.190. The third-order valence-electron chi connectivity index (χ3n) is 1.26. The zero-order valence-corrected chi connectivity index (χ0v) is 7.05. The highest BCUT2D eigenvalue weighted by molar-refractivity contribution is 8.13. The monoisotopic (exact) mass is 186 g/mol. The van der Waals surface area contributed by atoms with Gasteiger partial charge in [-0.25, -0.2) is 0 Å². The molecule has 0 saturated carbocycles. The first-order chi connectivity index (χ1) is 4.88. The SMILES string of the molecule is CSC(=O)CC(C)C(F)(F)F. The Bertz CT molecular complexity index is 143. The van der Waals surface area contributed by atoms with Crippen LogP contribution in [-0.2, 0) is 4.79 Å². The van der Waals surface area contributed by atoms with Crippen LogP contribution in [0.5, 0.6) is 0 Å². The van der Waals surface area contributed by atoms with Gasteiger partial charge in [0.15, 0.2) is 5.12 Å². The van der Waals surface area contributed by atoms with E-state index >= 15 is 0 Å². The topological polar surface area (TPSA) is 17.1 Å². The van der Waals surface area contributed by atoms with Crippen molar-refractivity contribution in [2.24, 2.45) is 5.92 Å². The van der Waals surface area contributed by atoms with Crippen LogP contribution in [0.2, 0.25) is 0 Å². The van der Waals surface area contributed by atoms with Crippen LogP contribution in [0.4, 0.5) is 13.2 Å². The van der Waals surface area contributed by atoms with Crippen molar-refractivity contribution in [3.63, 3.8) is 0 Å². The van der Waals surface area contributed by atoms with Gasteiger partial charge in [-0.15, -0.1) is 0 Å².